The van der Waals surface area contributed by atoms with E-state index in [1.165, 1.54) is 25.7 Å². The zero-order valence-corrected chi connectivity index (χ0v) is 13.3. The minimum absolute atomic E-state index is 0.259. The first-order valence-electron chi connectivity index (χ1n) is 7.76. The fourth-order valence-corrected chi connectivity index (χ4v) is 3.64. The van der Waals surface area contributed by atoms with Crippen LogP contribution in [0.2, 0.25) is 0 Å². The highest BCUT2D eigenvalue weighted by Gasteiger charge is 2.32. The van der Waals surface area contributed by atoms with Crippen LogP contribution in [0.15, 0.2) is 5.16 Å². The predicted molar refractivity (Wildman–Crippen MR) is 83.4 cm³/mol. The first-order valence-corrected chi connectivity index (χ1v) is 8.74. The normalized spacial score (nSPS) is 20.0. The summed E-state index contributed by atoms with van der Waals surface area (Å²) in [6, 6.07) is 0.547. The second kappa shape index (κ2) is 6.25. The van der Waals surface area contributed by atoms with E-state index in [1.807, 2.05) is 0 Å². The maximum absolute atomic E-state index is 10.9. The van der Waals surface area contributed by atoms with Crippen LogP contribution in [0.25, 0.3) is 0 Å². The Labute approximate surface area is 129 Å². The van der Waals surface area contributed by atoms with Crippen LogP contribution in [0.5, 0.6) is 0 Å². The molecule has 6 nitrogen and oxygen atoms in total. The fourth-order valence-electron chi connectivity index (χ4n) is 2.69. The van der Waals surface area contributed by atoms with Crippen molar-refractivity contribution in [2.75, 3.05) is 23.7 Å². The van der Waals surface area contributed by atoms with Gasteiger partial charge in [-0.25, -0.2) is 0 Å². The highest BCUT2D eigenvalue weighted by atomic mass is 32.2. The Kier molecular flexibility index (Phi) is 4.37. The lowest BCUT2D eigenvalue weighted by Gasteiger charge is -2.31. The molecule has 0 bridgehead atoms. The maximum atomic E-state index is 10.9. The number of carbonyl (C=O) groups excluding carboxylic acids is 1. The molecule has 0 spiro atoms. The topological polar surface area (TPSA) is 77.0 Å². The van der Waals surface area contributed by atoms with E-state index in [2.05, 4.69) is 26.6 Å². The first-order chi connectivity index (χ1) is 10.1. The molecule has 2 aliphatic rings. The number of piperidine rings is 1. The number of carbonyl (C=O) groups is 1. The monoisotopic (exact) mass is 309 g/mol. The van der Waals surface area contributed by atoms with Crippen molar-refractivity contribution in [3.63, 3.8) is 0 Å². The molecule has 0 atom stereocenters. The molecule has 1 aliphatic carbocycles. The maximum Gasteiger partial charge on any atom is 0.228 e. The molecule has 0 unspecified atom stereocenters. The molecule has 2 N–H and O–H groups in total. The van der Waals surface area contributed by atoms with Crippen LogP contribution >= 0.6 is 11.8 Å². The quantitative estimate of drug-likeness (QED) is 0.811. The van der Waals surface area contributed by atoms with E-state index in [0.29, 0.717) is 18.2 Å². The summed E-state index contributed by atoms with van der Waals surface area (Å²) in [5.74, 6) is 2.25. The van der Waals surface area contributed by atoms with Gasteiger partial charge in [0.15, 0.2) is 5.16 Å². The van der Waals surface area contributed by atoms with Gasteiger partial charge < -0.3 is 10.6 Å². The van der Waals surface area contributed by atoms with E-state index in [0.717, 1.165) is 30.1 Å². The molecule has 7 heteroatoms. The van der Waals surface area contributed by atoms with Crippen LogP contribution in [-0.4, -0.2) is 39.5 Å². The molecule has 1 amide bonds. The lowest BCUT2D eigenvalue weighted by Crippen LogP contribution is -2.34. The van der Waals surface area contributed by atoms with Crippen molar-refractivity contribution >= 4 is 23.6 Å². The average Bonchev–Trinajstić information content (AvgIpc) is 3.21. The number of hydrogen-bond donors (Lipinski definition) is 1. The van der Waals surface area contributed by atoms with Gasteiger partial charge in [-0.05, 0) is 31.6 Å². The molecule has 2 fully saturated rings. The van der Waals surface area contributed by atoms with Crippen LogP contribution in [0.3, 0.4) is 0 Å². The van der Waals surface area contributed by atoms with Crippen molar-refractivity contribution in [3.8, 4) is 0 Å². The molecule has 1 aromatic rings. The molecule has 0 radical (unpaired) electrons. The Morgan fingerprint density at radius 1 is 1.29 bits per heavy atom. The van der Waals surface area contributed by atoms with Gasteiger partial charge in [-0.15, -0.1) is 10.2 Å². The smallest absolute Gasteiger partial charge is 0.228 e. The zero-order chi connectivity index (χ0) is 14.8. The molecule has 2 heterocycles. The highest BCUT2D eigenvalue weighted by Crippen LogP contribution is 2.41. The molecule has 1 saturated heterocycles. The number of primary amides is 1. The molecule has 21 heavy (non-hydrogen) atoms. The van der Waals surface area contributed by atoms with E-state index in [4.69, 9.17) is 5.73 Å². The van der Waals surface area contributed by atoms with Gasteiger partial charge in [-0.2, -0.15) is 0 Å². The standard InChI is InChI=1S/C14H23N5OS/c1-10-4-7-18(8-5-10)13-16-17-14(19(13)11-2-3-11)21-9-6-12(15)20/h10-11H,2-9H2,1H3,(H2,15,20). The lowest BCUT2D eigenvalue weighted by molar-refractivity contribution is -0.117. The molecule has 1 aromatic heterocycles. The molecule has 116 valence electrons. The number of nitrogens with zero attached hydrogens (tertiary/aromatic N) is 4. The second-order valence-electron chi connectivity index (χ2n) is 6.12. The number of hydrogen-bond acceptors (Lipinski definition) is 5. The molecular weight excluding hydrogens is 286 g/mol. The Morgan fingerprint density at radius 3 is 2.62 bits per heavy atom. The molecule has 0 aromatic carbocycles. The highest BCUT2D eigenvalue weighted by molar-refractivity contribution is 7.99. The average molecular weight is 309 g/mol. The summed E-state index contributed by atoms with van der Waals surface area (Å²) < 4.78 is 2.28. The fraction of sp³-hybridized carbons (Fsp3) is 0.786. The third-order valence-corrected chi connectivity index (χ3v) is 5.15. The third kappa shape index (κ3) is 3.51. The third-order valence-electron chi connectivity index (χ3n) is 4.20. The van der Waals surface area contributed by atoms with Crippen LogP contribution in [0.1, 0.15) is 45.1 Å². The minimum Gasteiger partial charge on any atom is -0.370 e. The van der Waals surface area contributed by atoms with E-state index in [1.54, 1.807) is 11.8 Å². The van der Waals surface area contributed by atoms with Crippen molar-refractivity contribution in [2.45, 2.75) is 50.2 Å². The number of amides is 1. The number of aromatic nitrogens is 3. The minimum atomic E-state index is -0.259. The predicted octanol–water partition coefficient (Wildman–Crippen LogP) is 1.82. The SMILES string of the molecule is CC1CCN(c2nnc(SCCC(N)=O)n2C2CC2)CC1. The number of anilines is 1. The van der Waals surface area contributed by atoms with E-state index < -0.39 is 0 Å². The summed E-state index contributed by atoms with van der Waals surface area (Å²) >= 11 is 1.59. The second-order valence-corrected chi connectivity index (χ2v) is 7.18. The van der Waals surface area contributed by atoms with Gasteiger partial charge in [-0.1, -0.05) is 18.7 Å². The van der Waals surface area contributed by atoms with Crippen molar-refractivity contribution in [1.82, 2.24) is 14.8 Å². The van der Waals surface area contributed by atoms with E-state index >= 15 is 0 Å². The van der Waals surface area contributed by atoms with Gasteiger partial charge in [0, 0.05) is 31.3 Å². The summed E-state index contributed by atoms with van der Waals surface area (Å²) in [5.41, 5.74) is 5.20. The van der Waals surface area contributed by atoms with Crippen LogP contribution in [-0.2, 0) is 4.79 Å². The van der Waals surface area contributed by atoms with Gasteiger partial charge in [-0.3, -0.25) is 9.36 Å². The van der Waals surface area contributed by atoms with Gasteiger partial charge in [0.05, 0.1) is 0 Å². The van der Waals surface area contributed by atoms with Gasteiger partial charge >= 0.3 is 0 Å². The van der Waals surface area contributed by atoms with Crippen molar-refractivity contribution in [3.05, 3.63) is 0 Å². The van der Waals surface area contributed by atoms with Crippen LogP contribution < -0.4 is 10.6 Å². The molecule has 1 saturated carbocycles. The lowest BCUT2D eigenvalue weighted by atomic mass is 10.00. The first kappa shape index (κ1) is 14.7. The number of nitrogens with two attached hydrogens (primary N) is 1. The number of rotatable bonds is 6. The molecular formula is C14H23N5OS. The molecule has 3 rings (SSSR count). The van der Waals surface area contributed by atoms with E-state index in [-0.39, 0.29) is 5.91 Å². The summed E-state index contributed by atoms with van der Waals surface area (Å²) in [6.07, 6.45) is 5.25. The Bertz CT molecular complexity index is 505. The van der Waals surface area contributed by atoms with Crippen molar-refractivity contribution < 1.29 is 4.79 Å². The summed E-state index contributed by atoms with van der Waals surface area (Å²) in [4.78, 5) is 13.2. The van der Waals surface area contributed by atoms with Gasteiger partial charge in [0.2, 0.25) is 11.9 Å². The summed E-state index contributed by atoms with van der Waals surface area (Å²) in [6.45, 7) is 4.45. The molecule has 1 aliphatic heterocycles. The number of thioether (sulfide) groups is 1. The largest absolute Gasteiger partial charge is 0.370 e. The Balaban J connectivity index is 1.72. The van der Waals surface area contributed by atoms with Gasteiger partial charge in [0.25, 0.3) is 0 Å². The summed E-state index contributed by atoms with van der Waals surface area (Å²) in [7, 11) is 0. The van der Waals surface area contributed by atoms with Crippen LogP contribution in [0, 0.1) is 5.92 Å². The van der Waals surface area contributed by atoms with E-state index in [9.17, 15) is 4.79 Å². The Morgan fingerprint density at radius 2 is 2.00 bits per heavy atom. The van der Waals surface area contributed by atoms with Gasteiger partial charge in [0.1, 0.15) is 0 Å². The summed E-state index contributed by atoms with van der Waals surface area (Å²) in [5, 5.41) is 9.71. The van der Waals surface area contributed by atoms with Crippen molar-refractivity contribution in [1.29, 1.82) is 0 Å². The van der Waals surface area contributed by atoms with Crippen molar-refractivity contribution in [2.24, 2.45) is 11.7 Å². The Hall–Kier alpha value is -1.24. The van der Waals surface area contributed by atoms with Crippen LogP contribution in [0.4, 0.5) is 5.95 Å². The zero-order valence-electron chi connectivity index (χ0n) is 12.5.